The first-order chi connectivity index (χ1) is 7.74. The largest absolute Gasteiger partial charge is 0.445 e. The average Bonchev–Trinajstić information content (AvgIpc) is 2.74. The van der Waals surface area contributed by atoms with Gasteiger partial charge in [-0.2, -0.15) is 0 Å². The van der Waals surface area contributed by atoms with Crippen LogP contribution in [0.1, 0.15) is 6.42 Å². The van der Waals surface area contributed by atoms with Crippen molar-refractivity contribution in [1.29, 1.82) is 0 Å². The smallest absolute Gasteiger partial charge is 0.411 e. The maximum atomic E-state index is 12.6. The summed E-state index contributed by atoms with van der Waals surface area (Å²) < 4.78 is 17.7. The number of benzene rings is 1. The molecular weight excluding hydrogens is 211 g/mol. The molecule has 86 valence electrons. The normalized spacial score (nSPS) is 19.4. The maximum absolute atomic E-state index is 12.6. The van der Waals surface area contributed by atoms with Crippen molar-refractivity contribution in [1.82, 2.24) is 5.32 Å². The number of nitrogens with one attached hydrogen (secondary N) is 2. The molecule has 0 spiro atoms. The van der Waals surface area contributed by atoms with Crippen molar-refractivity contribution < 1.29 is 13.9 Å². The number of carbonyl (C=O) groups is 1. The predicted molar refractivity (Wildman–Crippen MR) is 57.8 cm³/mol. The molecule has 1 saturated heterocycles. The third kappa shape index (κ3) is 2.93. The van der Waals surface area contributed by atoms with Crippen LogP contribution in [-0.4, -0.2) is 25.3 Å². The molecule has 1 aromatic rings. The Hall–Kier alpha value is -1.62. The van der Waals surface area contributed by atoms with Crippen molar-refractivity contribution in [3.8, 4) is 0 Å². The molecule has 1 fully saturated rings. The van der Waals surface area contributed by atoms with E-state index in [2.05, 4.69) is 10.6 Å². The molecule has 1 unspecified atom stereocenters. The molecule has 16 heavy (non-hydrogen) atoms. The molecule has 1 aliphatic heterocycles. The van der Waals surface area contributed by atoms with Gasteiger partial charge >= 0.3 is 6.09 Å². The minimum atomic E-state index is -0.500. The standard InChI is InChI=1S/C11H13FN2O2/c12-8-1-3-9(4-2-8)14-11(15)16-10-5-6-13-7-10/h1-4,10,13H,5-7H2,(H,14,15). The first-order valence-electron chi connectivity index (χ1n) is 5.18. The van der Waals surface area contributed by atoms with Gasteiger partial charge in [0.25, 0.3) is 0 Å². The topological polar surface area (TPSA) is 50.4 Å². The summed E-state index contributed by atoms with van der Waals surface area (Å²) in [5.74, 6) is -0.334. The van der Waals surface area contributed by atoms with Gasteiger partial charge < -0.3 is 10.1 Å². The first-order valence-corrected chi connectivity index (χ1v) is 5.18. The van der Waals surface area contributed by atoms with Crippen molar-refractivity contribution in [2.24, 2.45) is 0 Å². The lowest BCUT2D eigenvalue weighted by atomic mass is 10.3. The SMILES string of the molecule is O=C(Nc1ccc(F)cc1)OC1CCNC1. The van der Waals surface area contributed by atoms with Crippen molar-refractivity contribution in [2.75, 3.05) is 18.4 Å². The molecule has 2 N–H and O–H groups in total. The summed E-state index contributed by atoms with van der Waals surface area (Å²) in [6.07, 6.45) is 0.261. The fraction of sp³-hybridized carbons (Fsp3) is 0.364. The van der Waals surface area contributed by atoms with E-state index >= 15 is 0 Å². The number of halogens is 1. The lowest BCUT2D eigenvalue weighted by molar-refractivity contribution is 0.121. The van der Waals surface area contributed by atoms with Gasteiger partial charge in [0.15, 0.2) is 0 Å². The van der Waals surface area contributed by atoms with E-state index in [0.29, 0.717) is 12.2 Å². The molecule has 1 aliphatic rings. The summed E-state index contributed by atoms with van der Waals surface area (Å²) >= 11 is 0. The number of carbonyl (C=O) groups excluding carboxylic acids is 1. The molecule has 4 nitrogen and oxygen atoms in total. The monoisotopic (exact) mass is 224 g/mol. The van der Waals surface area contributed by atoms with Crippen molar-refractivity contribution in [2.45, 2.75) is 12.5 Å². The second-order valence-electron chi connectivity index (χ2n) is 3.65. The lowest BCUT2D eigenvalue weighted by Gasteiger charge is -2.11. The zero-order valence-corrected chi connectivity index (χ0v) is 8.70. The minimum Gasteiger partial charge on any atom is -0.445 e. The number of amides is 1. The van der Waals surface area contributed by atoms with Crippen LogP contribution in [0.5, 0.6) is 0 Å². The van der Waals surface area contributed by atoms with Crippen molar-refractivity contribution in [3.63, 3.8) is 0 Å². The Bertz CT molecular complexity index is 361. The Labute approximate surface area is 92.8 Å². The van der Waals surface area contributed by atoms with Gasteiger partial charge in [0.05, 0.1) is 0 Å². The van der Waals surface area contributed by atoms with Crippen molar-refractivity contribution in [3.05, 3.63) is 30.1 Å². The Morgan fingerprint density at radius 3 is 2.81 bits per heavy atom. The van der Waals surface area contributed by atoms with Gasteiger partial charge in [-0.25, -0.2) is 9.18 Å². The molecule has 0 aromatic heterocycles. The zero-order valence-electron chi connectivity index (χ0n) is 8.70. The number of anilines is 1. The van der Waals surface area contributed by atoms with Crippen LogP contribution in [0, 0.1) is 5.82 Å². The molecule has 1 amide bonds. The van der Waals surface area contributed by atoms with E-state index in [1.165, 1.54) is 24.3 Å². The van der Waals surface area contributed by atoms with E-state index in [0.717, 1.165) is 13.0 Å². The molecule has 0 bridgehead atoms. The molecule has 0 aliphatic carbocycles. The van der Waals surface area contributed by atoms with Crippen LogP contribution in [0.3, 0.4) is 0 Å². The molecule has 0 saturated carbocycles. The zero-order chi connectivity index (χ0) is 11.4. The second-order valence-corrected chi connectivity index (χ2v) is 3.65. The van der Waals surface area contributed by atoms with Crippen LogP contribution in [0.25, 0.3) is 0 Å². The number of hydrogen-bond acceptors (Lipinski definition) is 3. The van der Waals surface area contributed by atoms with Crippen LogP contribution in [0.2, 0.25) is 0 Å². The highest BCUT2D eigenvalue weighted by molar-refractivity contribution is 5.84. The van der Waals surface area contributed by atoms with Gasteiger partial charge in [-0.05, 0) is 37.2 Å². The highest BCUT2D eigenvalue weighted by Crippen LogP contribution is 2.10. The van der Waals surface area contributed by atoms with Crippen molar-refractivity contribution >= 4 is 11.8 Å². The Morgan fingerprint density at radius 2 is 2.19 bits per heavy atom. The Balaban J connectivity index is 1.84. The summed E-state index contributed by atoms with van der Waals surface area (Å²) in [6, 6.07) is 5.55. The van der Waals surface area contributed by atoms with Gasteiger partial charge in [0.2, 0.25) is 0 Å². The summed E-state index contributed by atoms with van der Waals surface area (Å²) in [6.45, 7) is 1.56. The quantitative estimate of drug-likeness (QED) is 0.804. The van der Waals surface area contributed by atoms with Crippen LogP contribution in [-0.2, 0) is 4.74 Å². The Kier molecular flexibility index (Phi) is 3.36. The van der Waals surface area contributed by atoms with Gasteiger partial charge in [-0.3, -0.25) is 5.32 Å². The van der Waals surface area contributed by atoms with Gasteiger partial charge in [0, 0.05) is 12.2 Å². The van der Waals surface area contributed by atoms with E-state index in [1.807, 2.05) is 0 Å². The average molecular weight is 224 g/mol. The highest BCUT2D eigenvalue weighted by atomic mass is 19.1. The summed E-state index contributed by atoms with van der Waals surface area (Å²) in [5.41, 5.74) is 0.525. The molecule has 0 radical (unpaired) electrons. The van der Waals surface area contributed by atoms with E-state index in [-0.39, 0.29) is 11.9 Å². The molecular formula is C11H13FN2O2. The van der Waals surface area contributed by atoms with Gasteiger partial charge in [-0.1, -0.05) is 0 Å². The van der Waals surface area contributed by atoms with Crippen LogP contribution >= 0.6 is 0 Å². The highest BCUT2D eigenvalue weighted by Gasteiger charge is 2.18. The number of hydrogen-bond donors (Lipinski definition) is 2. The first kappa shape index (κ1) is 10.9. The summed E-state index contributed by atoms with van der Waals surface area (Å²) in [5, 5.41) is 5.63. The molecule has 1 atom stereocenters. The predicted octanol–water partition coefficient (Wildman–Crippen LogP) is 1.74. The number of ether oxygens (including phenoxy) is 1. The van der Waals surface area contributed by atoms with Crippen LogP contribution in [0.15, 0.2) is 24.3 Å². The fourth-order valence-electron chi connectivity index (χ4n) is 1.56. The maximum Gasteiger partial charge on any atom is 0.411 e. The molecule has 1 aromatic carbocycles. The van der Waals surface area contributed by atoms with E-state index in [9.17, 15) is 9.18 Å². The third-order valence-corrected chi connectivity index (χ3v) is 2.38. The molecule has 5 heteroatoms. The fourth-order valence-corrected chi connectivity index (χ4v) is 1.56. The minimum absolute atomic E-state index is 0.0690. The van der Waals surface area contributed by atoms with E-state index in [4.69, 9.17) is 4.74 Å². The van der Waals surface area contributed by atoms with Gasteiger partial charge in [-0.15, -0.1) is 0 Å². The van der Waals surface area contributed by atoms with Gasteiger partial charge in [0.1, 0.15) is 11.9 Å². The number of rotatable bonds is 2. The second kappa shape index (κ2) is 4.94. The van der Waals surface area contributed by atoms with Crippen LogP contribution < -0.4 is 10.6 Å². The van der Waals surface area contributed by atoms with E-state index < -0.39 is 6.09 Å². The Morgan fingerprint density at radius 1 is 1.44 bits per heavy atom. The lowest BCUT2D eigenvalue weighted by Crippen LogP contribution is -2.24. The molecule has 1 heterocycles. The van der Waals surface area contributed by atoms with E-state index in [1.54, 1.807) is 0 Å². The van der Waals surface area contributed by atoms with Crippen LogP contribution in [0.4, 0.5) is 14.9 Å². The summed E-state index contributed by atoms with van der Waals surface area (Å²) in [4.78, 5) is 11.4. The summed E-state index contributed by atoms with van der Waals surface area (Å²) in [7, 11) is 0. The molecule has 2 rings (SSSR count). The third-order valence-electron chi connectivity index (χ3n) is 2.38.